The molecule has 8 nitrogen and oxygen atoms in total. The third kappa shape index (κ3) is 3.62. The lowest BCUT2D eigenvalue weighted by Crippen LogP contribution is -2.28. The van der Waals surface area contributed by atoms with Crippen LogP contribution in [0, 0.1) is 12.8 Å². The number of nitrogens with one attached hydrogen (secondary N) is 1. The van der Waals surface area contributed by atoms with Crippen molar-refractivity contribution in [2.75, 3.05) is 11.9 Å². The highest BCUT2D eigenvalue weighted by Crippen LogP contribution is 2.25. The van der Waals surface area contributed by atoms with Crippen molar-refractivity contribution in [3.05, 3.63) is 66.0 Å². The molecule has 1 aliphatic rings. The molecule has 0 saturated carbocycles. The van der Waals surface area contributed by atoms with Gasteiger partial charge in [-0.3, -0.25) is 9.59 Å². The summed E-state index contributed by atoms with van der Waals surface area (Å²) in [5.41, 5.74) is 3.39. The van der Waals surface area contributed by atoms with E-state index in [1.807, 2.05) is 55.5 Å². The zero-order valence-corrected chi connectivity index (χ0v) is 15.4. The van der Waals surface area contributed by atoms with Crippen molar-refractivity contribution >= 4 is 17.5 Å². The largest absolute Gasteiger partial charge is 0.338 e. The first-order valence-electron chi connectivity index (χ1n) is 9.07. The van der Waals surface area contributed by atoms with Crippen LogP contribution >= 0.6 is 0 Å². The van der Waals surface area contributed by atoms with Gasteiger partial charge in [-0.2, -0.15) is 0 Å². The van der Waals surface area contributed by atoms with Crippen LogP contribution in [0.2, 0.25) is 0 Å². The summed E-state index contributed by atoms with van der Waals surface area (Å²) >= 11 is 0. The van der Waals surface area contributed by atoms with Crippen molar-refractivity contribution in [3.8, 4) is 5.69 Å². The predicted molar refractivity (Wildman–Crippen MR) is 102 cm³/mol. The third-order valence-electron chi connectivity index (χ3n) is 4.96. The van der Waals surface area contributed by atoms with Gasteiger partial charge in [-0.1, -0.05) is 36.4 Å². The van der Waals surface area contributed by atoms with Gasteiger partial charge in [0.2, 0.25) is 11.8 Å². The first-order valence-corrected chi connectivity index (χ1v) is 9.07. The first kappa shape index (κ1) is 17.8. The Kier molecular flexibility index (Phi) is 4.84. The third-order valence-corrected chi connectivity index (χ3v) is 4.96. The van der Waals surface area contributed by atoms with Gasteiger partial charge in [0.15, 0.2) is 0 Å². The summed E-state index contributed by atoms with van der Waals surface area (Å²) in [6, 6.07) is 15.3. The number of benzene rings is 2. The van der Waals surface area contributed by atoms with E-state index in [0.717, 1.165) is 16.8 Å². The number of nitrogens with zero attached hydrogens (tertiary/aromatic N) is 5. The first-order chi connectivity index (χ1) is 13.6. The quantitative estimate of drug-likeness (QED) is 0.735. The Bertz CT molecular complexity index is 987. The summed E-state index contributed by atoms with van der Waals surface area (Å²) in [4.78, 5) is 26.9. The van der Waals surface area contributed by atoms with Crippen molar-refractivity contribution in [2.45, 2.75) is 19.9 Å². The van der Waals surface area contributed by atoms with E-state index in [1.54, 1.807) is 9.58 Å². The lowest BCUT2D eigenvalue weighted by atomic mass is 10.1. The van der Waals surface area contributed by atoms with Gasteiger partial charge < -0.3 is 10.2 Å². The average Bonchev–Trinajstić information content (AvgIpc) is 3.35. The Morgan fingerprint density at radius 1 is 1.18 bits per heavy atom. The summed E-state index contributed by atoms with van der Waals surface area (Å²) < 4.78 is 1.55. The van der Waals surface area contributed by atoms with Crippen molar-refractivity contribution < 1.29 is 9.59 Å². The minimum atomic E-state index is -0.368. The summed E-state index contributed by atoms with van der Waals surface area (Å²) in [7, 11) is 0. The molecule has 1 atom stereocenters. The molecule has 4 rings (SSSR count). The van der Waals surface area contributed by atoms with Crippen molar-refractivity contribution in [2.24, 2.45) is 5.92 Å². The summed E-state index contributed by atoms with van der Waals surface area (Å²) in [6.45, 7) is 2.84. The summed E-state index contributed by atoms with van der Waals surface area (Å²) in [6.07, 6.45) is 1.73. The number of aromatic nitrogens is 4. The standard InChI is InChI=1S/C20H20N6O2/c1-14-17(8-5-9-18(14)26-13-21-23-24-26)22-20(28)16-10-19(27)25(12-16)11-15-6-3-2-4-7-15/h2-9,13,16H,10-12H2,1H3,(H,22,28)/t16-/m0/s1. The van der Waals surface area contributed by atoms with E-state index >= 15 is 0 Å². The van der Waals surface area contributed by atoms with E-state index in [2.05, 4.69) is 20.8 Å². The Labute approximate surface area is 162 Å². The zero-order chi connectivity index (χ0) is 19.5. The van der Waals surface area contributed by atoms with E-state index in [9.17, 15) is 9.59 Å². The Balaban J connectivity index is 1.45. The minimum absolute atomic E-state index is 0.00293. The van der Waals surface area contributed by atoms with Crippen LogP contribution in [0.15, 0.2) is 54.9 Å². The summed E-state index contributed by atoms with van der Waals surface area (Å²) in [5, 5.41) is 14.1. The van der Waals surface area contributed by atoms with Crippen LogP contribution in [0.4, 0.5) is 5.69 Å². The molecule has 1 saturated heterocycles. The monoisotopic (exact) mass is 376 g/mol. The lowest BCUT2D eigenvalue weighted by Gasteiger charge is -2.17. The van der Waals surface area contributed by atoms with E-state index in [4.69, 9.17) is 0 Å². The normalized spacial score (nSPS) is 16.4. The Morgan fingerprint density at radius 3 is 2.75 bits per heavy atom. The maximum atomic E-state index is 12.8. The maximum absolute atomic E-state index is 12.8. The molecule has 2 aromatic carbocycles. The highest BCUT2D eigenvalue weighted by Gasteiger charge is 2.34. The van der Waals surface area contributed by atoms with Gasteiger partial charge in [-0.15, -0.1) is 5.10 Å². The molecule has 2 amide bonds. The Hall–Kier alpha value is -3.55. The number of tetrazole rings is 1. The molecule has 0 spiro atoms. The topological polar surface area (TPSA) is 93.0 Å². The number of carbonyl (C=O) groups excluding carboxylic acids is 2. The molecule has 0 radical (unpaired) electrons. The molecule has 0 unspecified atom stereocenters. The lowest BCUT2D eigenvalue weighted by molar-refractivity contribution is -0.128. The van der Waals surface area contributed by atoms with Gasteiger partial charge in [-0.05, 0) is 40.6 Å². The molecule has 0 aliphatic carbocycles. The fourth-order valence-corrected chi connectivity index (χ4v) is 3.42. The molecule has 2 heterocycles. The highest BCUT2D eigenvalue weighted by molar-refractivity contribution is 5.98. The maximum Gasteiger partial charge on any atom is 0.229 e. The number of hydrogen-bond donors (Lipinski definition) is 1. The van der Waals surface area contributed by atoms with E-state index in [-0.39, 0.29) is 24.2 Å². The number of likely N-dealkylation sites (tertiary alicyclic amines) is 1. The van der Waals surface area contributed by atoms with Crippen LogP contribution < -0.4 is 5.32 Å². The van der Waals surface area contributed by atoms with E-state index in [1.165, 1.54) is 6.33 Å². The second kappa shape index (κ2) is 7.59. The molecule has 1 aliphatic heterocycles. The van der Waals surface area contributed by atoms with Gasteiger partial charge in [0.05, 0.1) is 11.6 Å². The number of hydrogen-bond acceptors (Lipinski definition) is 5. The highest BCUT2D eigenvalue weighted by atomic mass is 16.2. The number of rotatable bonds is 5. The van der Waals surface area contributed by atoms with E-state index in [0.29, 0.717) is 18.8 Å². The van der Waals surface area contributed by atoms with Crippen molar-refractivity contribution in [1.82, 2.24) is 25.1 Å². The van der Waals surface area contributed by atoms with Crippen LogP contribution in [0.5, 0.6) is 0 Å². The minimum Gasteiger partial charge on any atom is -0.338 e. The van der Waals surface area contributed by atoms with Gasteiger partial charge in [0.1, 0.15) is 6.33 Å². The van der Waals surface area contributed by atoms with Crippen LogP contribution in [-0.4, -0.2) is 43.5 Å². The van der Waals surface area contributed by atoms with Gasteiger partial charge in [0.25, 0.3) is 0 Å². The van der Waals surface area contributed by atoms with Gasteiger partial charge >= 0.3 is 0 Å². The van der Waals surface area contributed by atoms with Crippen LogP contribution in [0.25, 0.3) is 5.69 Å². The molecule has 142 valence electrons. The predicted octanol–water partition coefficient (Wildman–Crippen LogP) is 1.96. The number of anilines is 1. The average molecular weight is 376 g/mol. The van der Waals surface area contributed by atoms with Crippen LogP contribution in [0.3, 0.4) is 0 Å². The molecule has 1 N–H and O–H groups in total. The molecule has 1 aromatic heterocycles. The van der Waals surface area contributed by atoms with Gasteiger partial charge in [-0.25, -0.2) is 4.68 Å². The summed E-state index contributed by atoms with van der Waals surface area (Å²) in [5.74, 6) is -0.517. The SMILES string of the molecule is Cc1c(NC(=O)[C@H]2CC(=O)N(Cc3ccccc3)C2)cccc1-n1cnnn1. The second-order valence-electron chi connectivity index (χ2n) is 6.85. The zero-order valence-electron chi connectivity index (χ0n) is 15.4. The molecule has 1 fully saturated rings. The van der Waals surface area contributed by atoms with Crippen molar-refractivity contribution in [1.29, 1.82) is 0 Å². The van der Waals surface area contributed by atoms with Gasteiger partial charge in [0, 0.05) is 25.2 Å². The molecular weight excluding hydrogens is 356 g/mol. The number of carbonyl (C=O) groups is 2. The fraction of sp³-hybridized carbons (Fsp3) is 0.250. The molecule has 28 heavy (non-hydrogen) atoms. The van der Waals surface area contributed by atoms with E-state index < -0.39 is 0 Å². The van der Waals surface area contributed by atoms with Crippen molar-refractivity contribution in [3.63, 3.8) is 0 Å². The Morgan fingerprint density at radius 2 is 2.00 bits per heavy atom. The smallest absolute Gasteiger partial charge is 0.229 e. The van der Waals surface area contributed by atoms with Crippen LogP contribution in [0.1, 0.15) is 17.5 Å². The second-order valence-corrected chi connectivity index (χ2v) is 6.85. The fourth-order valence-electron chi connectivity index (χ4n) is 3.42. The van der Waals surface area contributed by atoms with Crippen LogP contribution in [-0.2, 0) is 16.1 Å². The molecular formula is C20H20N6O2. The molecule has 0 bridgehead atoms. The number of amides is 2. The molecule has 8 heteroatoms. The molecule has 3 aromatic rings.